The number of hydrogen-bond donors (Lipinski definition) is 3. The zero-order valence-corrected chi connectivity index (χ0v) is 17.1. The highest BCUT2D eigenvalue weighted by Crippen LogP contribution is 2.29. The van der Waals surface area contributed by atoms with Gasteiger partial charge in [-0.25, -0.2) is 4.98 Å². The molecule has 1 saturated carbocycles. The molecule has 1 aliphatic carbocycles. The normalized spacial score (nSPS) is 19.0. The van der Waals surface area contributed by atoms with E-state index in [4.69, 9.17) is 17.3 Å². The minimum atomic E-state index is -0.453. The van der Waals surface area contributed by atoms with E-state index in [-0.39, 0.29) is 11.5 Å². The van der Waals surface area contributed by atoms with E-state index in [1.165, 1.54) is 6.20 Å². The molecule has 3 rings (SSSR count). The van der Waals surface area contributed by atoms with Crippen LogP contribution in [-0.2, 0) is 6.42 Å². The SMILES string of the molecule is NCC1CCC(CNc2nc(NCCc3ccc(Cl)cc3)ncc2[N+](=O)[O-])CC1. The number of anilines is 2. The lowest BCUT2D eigenvalue weighted by molar-refractivity contribution is -0.384. The Kier molecular flexibility index (Phi) is 7.60. The van der Waals surface area contributed by atoms with Crippen molar-refractivity contribution in [3.05, 3.63) is 51.2 Å². The number of hydrogen-bond acceptors (Lipinski definition) is 7. The van der Waals surface area contributed by atoms with Crippen molar-refractivity contribution in [1.82, 2.24) is 9.97 Å². The van der Waals surface area contributed by atoms with Crippen molar-refractivity contribution in [1.29, 1.82) is 0 Å². The van der Waals surface area contributed by atoms with Gasteiger partial charge in [-0.3, -0.25) is 10.1 Å². The Morgan fingerprint density at radius 1 is 1.14 bits per heavy atom. The van der Waals surface area contributed by atoms with Gasteiger partial charge in [0.05, 0.1) is 4.92 Å². The molecular weight excluding hydrogens is 392 g/mol. The first-order valence-corrected chi connectivity index (χ1v) is 10.4. The third-order valence-corrected chi connectivity index (χ3v) is 5.69. The maximum absolute atomic E-state index is 11.3. The molecule has 0 aliphatic heterocycles. The third-order valence-electron chi connectivity index (χ3n) is 5.43. The fourth-order valence-corrected chi connectivity index (χ4v) is 3.73. The van der Waals surface area contributed by atoms with Crippen LogP contribution in [0.2, 0.25) is 5.02 Å². The van der Waals surface area contributed by atoms with Crippen LogP contribution in [0.3, 0.4) is 0 Å². The van der Waals surface area contributed by atoms with E-state index in [2.05, 4.69) is 20.6 Å². The summed E-state index contributed by atoms with van der Waals surface area (Å²) in [6.07, 6.45) is 6.42. The van der Waals surface area contributed by atoms with Crippen LogP contribution < -0.4 is 16.4 Å². The Morgan fingerprint density at radius 2 is 1.83 bits per heavy atom. The van der Waals surface area contributed by atoms with Crippen LogP contribution in [0.15, 0.2) is 30.5 Å². The first kappa shape index (κ1) is 21.3. The topological polar surface area (TPSA) is 119 Å². The summed E-state index contributed by atoms with van der Waals surface area (Å²) in [6, 6.07) is 7.63. The van der Waals surface area contributed by atoms with E-state index < -0.39 is 4.92 Å². The van der Waals surface area contributed by atoms with Crippen molar-refractivity contribution in [3.63, 3.8) is 0 Å². The average Bonchev–Trinajstić information content (AvgIpc) is 2.74. The van der Waals surface area contributed by atoms with Gasteiger partial charge < -0.3 is 16.4 Å². The van der Waals surface area contributed by atoms with Gasteiger partial charge >= 0.3 is 5.69 Å². The predicted octanol–water partition coefficient (Wildman–Crippen LogP) is 3.87. The second kappa shape index (κ2) is 10.4. The maximum atomic E-state index is 11.3. The lowest BCUT2D eigenvalue weighted by atomic mass is 9.82. The van der Waals surface area contributed by atoms with Crippen LogP contribution in [0.5, 0.6) is 0 Å². The lowest BCUT2D eigenvalue weighted by Crippen LogP contribution is -2.25. The molecule has 1 aromatic carbocycles. The van der Waals surface area contributed by atoms with E-state index in [0.717, 1.165) is 44.2 Å². The summed E-state index contributed by atoms with van der Waals surface area (Å²) in [5.41, 5.74) is 6.77. The minimum absolute atomic E-state index is 0.108. The van der Waals surface area contributed by atoms with E-state index in [0.29, 0.717) is 35.9 Å². The first-order chi connectivity index (χ1) is 14.0. The van der Waals surface area contributed by atoms with Gasteiger partial charge in [-0.15, -0.1) is 0 Å². The smallest absolute Gasteiger partial charge is 0.329 e. The fourth-order valence-electron chi connectivity index (χ4n) is 3.61. The standard InChI is InChI=1S/C20H27ClN6O2/c21-17-7-5-14(6-8-17)9-10-23-20-25-13-18(27(28)29)19(26-20)24-12-16-3-1-15(11-22)2-4-16/h5-8,13,15-16H,1-4,9-12,22H2,(H2,23,24,25,26). The van der Waals surface area contributed by atoms with Gasteiger partial charge in [-0.2, -0.15) is 4.98 Å². The molecule has 2 aromatic rings. The zero-order valence-electron chi connectivity index (χ0n) is 16.3. The zero-order chi connectivity index (χ0) is 20.6. The Balaban J connectivity index is 1.57. The molecule has 0 unspecified atom stereocenters. The van der Waals surface area contributed by atoms with Gasteiger partial charge in [0.25, 0.3) is 0 Å². The highest BCUT2D eigenvalue weighted by molar-refractivity contribution is 6.30. The molecule has 0 spiro atoms. The van der Waals surface area contributed by atoms with E-state index >= 15 is 0 Å². The number of rotatable bonds is 9. The number of aromatic nitrogens is 2. The van der Waals surface area contributed by atoms with E-state index in [9.17, 15) is 10.1 Å². The lowest BCUT2D eigenvalue weighted by Gasteiger charge is -2.27. The van der Waals surface area contributed by atoms with Crippen LogP contribution in [-0.4, -0.2) is 34.5 Å². The molecular formula is C20H27ClN6O2. The summed E-state index contributed by atoms with van der Waals surface area (Å²) in [6.45, 7) is 2.02. The third kappa shape index (κ3) is 6.27. The van der Waals surface area contributed by atoms with Crippen LogP contribution in [0.25, 0.3) is 0 Å². The van der Waals surface area contributed by atoms with E-state index in [1.807, 2.05) is 24.3 Å². The maximum Gasteiger partial charge on any atom is 0.329 e. The summed E-state index contributed by atoms with van der Waals surface area (Å²) in [4.78, 5) is 19.3. The molecule has 0 amide bonds. The number of benzene rings is 1. The highest BCUT2D eigenvalue weighted by atomic mass is 35.5. The summed E-state index contributed by atoms with van der Waals surface area (Å²) < 4.78 is 0. The van der Waals surface area contributed by atoms with Crippen molar-refractivity contribution >= 4 is 29.1 Å². The molecule has 4 N–H and O–H groups in total. The second-order valence-electron chi connectivity index (χ2n) is 7.49. The van der Waals surface area contributed by atoms with Gasteiger partial charge in [-0.05, 0) is 68.2 Å². The van der Waals surface area contributed by atoms with Gasteiger partial charge in [-0.1, -0.05) is 23.7 Å². The van der Waals surface area contributed by atoms with Crippen LogP contribution in [0.4, 0.5) is 17.5 Å². The van der Waals surface area contributed by atoms with Crippen LogP contribution in [0.1, 0.15) is 31.2 Å². The molecule has 8 nitrogen and oxygen atoms in total. The highest BCUT2D eigenvalue weighted by Gasteiger charge is 2.22. The number of halogens is 1. The molecule has 0 radical (unpaired) electrons. The van der Waals surface area contributed by atoms with Crippen molar-refractivity contribution in [3.8, 4) is 0 Å². The summed E-state index contributed by atoms with van der Waals surface area (Å²) in [7, 11) is 0. The van der Waals surface area contributed by atoms with Gasteiger partial charge in [0.15, 0.2) is 0 Å². The van der Waals surface area contributed by atoms with Gasteiger partial charge in [0.2, 0.25) is 11.8 Å². The van der Waals surface area contributed by atoms with Crippen molar-refractivity contribution < 1.29 is 4.92 Å². The number of nitro groups is 1. The molecule has 0 bridgehead atoms. The molecule has 0 saturated heterocycles. The minimum Gasteiger partial charge on any atom is -0.364 e. The van der Waals surface area contributed by atoms with Crippen molar-refractivity contribution in [2.75, 3.05) is 30.3 Å². The van der Waals surface area contributed by atoms with Crippen molar-refractivity contribution in [2.24, 2.45) is 17.6 Å². The quantitative estimate of drug-likeness (QED) is 0.417. The monoisotopic (exact) mass is 418 g/mol. The predicted molar refractivity (Wildman–Crippen MR) is 115 cm³/mol. The molecule has 1 heterocycles. The number of nitrogens with zero attached hydrogens (tertiary/aromatic N) is 3. The molecule has 9 heteroatoms. The van der Waals surface area contributed by atoms with Gasteiger partial charge in [0.1, 0.15) is 6.20 Å². The Labute approximate surface area is 175 Å². The summed E-state index contributed by atoms with van der Waals surface area (Å²) >= 11 is 5.90. The molecule has 1 aromatic heterocycles. The van der Waals surface area contributed by atoms with Gasteiger partial charge in [0, 0.05) is 18.1 Å². The second-order valence-corrected chi connectivity index (χ2v) is 7.93. The number of nitrogens with two attached hydrogens (primary N) is 1. The Hall–Kier alpha value is -2.45. The molecule has 1 fully saturated rings. The van der Waals surface area contributed by atoms with Crippen LogP contribution >= 0.6 is 11.6 Å². The summed E-state index contributed by atoms with van der Waals surface area (Å²) in [5, 5.41) is 18.3. The average molecular weight is 419 g/mol. The molecule has 0 atom stereocenters. The fraction of sp³-hybridized carbons (Fsp3) is 0.500. The first-order valence-electron chi connectivity index (χ1n) is 9.99. The Morgan fingerprint density at radius 3 is 2.48 bits per heavy atom. The van der Waals surface area contributed by atoms with Crippen molar-refractivity contribution in [2.45, 2.75) is 32.1 Å². The number of nitrogens with one attached hydrogen (secondary N) is 2. The van der Waals surface area contributed by atoms with E-state index in [1.54, 1.807) is 0 Å². The molecule has 156 valence electrons. The molecule has 29 heavy (non-hydrogen) atoms. The van der Waals surface area contributed by atoms with Crippen LogP contribution in [0, 0.1) is 22.0 Å². The largest absolute Gasteiger partial charge is 0.364 e. The molecule has 1 aliphatic rings. The Bertz CT molecular complexity index is 809. The summed E-state index contributed by atoms with van der Waals surface area (Å²) in [5.74, 6) is 1.73.